The Morgan fingerprint density at radius 1 is 1.27 bits per heavy atom. The maximum atomic E-state index is 8.79. The Hall–Kier alpha value is 0.303. The monoisotopic (exact) mass is 462 g/mol. The van der Waals surface area contributed by atoms with E-state index in [0.717, 1.165) is 4.29 Å². The van der Waals surface area contributed by atoms with Crippen molar-refractivity contribution < 1.29 is 9.90 Å². The molecule has 0 heterocycles. The molecule has 0 amide bonds. The van der Waals surface area contributed by atoms with Crippen molar-refractivity contribution in [2.45, 2.75) is 0 Å². The van der Waals surface area contributed by atoms with Crippen LogP contribution in [-0.4, -0.2) is 35.6 Å². The Morgan fingerprint density at radius 2 is 1.64 bits per heavy atom. The predicted octanol–water partition coefficient (Wildman–Crippen LogP) is 0.820. The van der Waals surface area contributed by atoms with Gasteiger partial charge in [0, 0.05) is 0 Å². The van der Waals surface area contributed by atoms with Crippen molar-refractivity contribution in [2.75, 3.05) is 0 Å². The Kier molecular flexibility index (Phi) is 13.0. The van der Waals surface area contributed by atoms with Gasteiger partial charge in [0.2, 0.25) is 0 Å². The number of carbonyl (C=O) groups excluding carboxylic acids is 1. The van der Waals surface area contributed by atoms with Crippen molar-refractivity contribution in [1.82, 2.24) is 0 Å². The van der Waals surface area contributed by atoms with Gasteiger partial charge in [-0.15, -0.1) is 0 Å². The normalized spacial score (nSPS) is 6.64. The summed E-state index contributed by atoms with van der Waals surface area (Å²) in [6.07, 6.45) is 0. The number of benzene rings is 1. The van der Waals surface area contributed by atoms with Crippen LogP contribution in [0.1, 0.15) is 0 Å². The molecule has 1 rings (SSSR count). The molecule has 0 aliphatic carbocycles. The van der Waals surface area contributed by atoms with Gasteiger partial charge in [-0.1, -0.05) is 18.2 Å². The molecule has 0 bridgehead atoms. The van der Waals surface area contributed by atoms with Crippen LogP contribution in [0.15, 0.2) is 30.3 Å². The molecule has 0 fully saturated rings. The Morgan fingerprint density at radius 3 is 1.82 bits per heavy atom. The molecule has 0 saturated heterocycles. The summed E-state index contributed by atoms with van der Waals surface area (Å²) in [5, 5.41) is 8.63. The summed E-state index contributed by atoms with van der Waals surface area (Å²) in [4.78, 5) is 8.79. The minimum atomic E-state index is 0. The van der Waals surface area contributed by atoms with Crippen molar-refractivity contribution in [2.24, 2.45) is 0 Å². The fraction of sp³-hybridized carbons (Fsp3) is 0. The van der Waals surface area contributed by atoms with E-state index in [0.29, 0.717) is 5.75 Å². The number of rotatable bonds is 0. The summed E-state index contributed by atoms with van der Waals surface area (Å²) >= 11 is 1.61. The van der Waals surface area contributed by atoms with Crippen LogP contribution in [-0.2, 0) is 4.79 Å². The summed E-state index contributed by atoms with van der Waals surface area (Å²) in [7, 11) is 0. The first kappa shape index (κ1) is 13.9. The quantitative estimate of drug-likeness (QED) is 0.269. The number of hydrogen-bond acceptors (Lipinski definition) is 2. The number of halogens is 1. The van der Waals surface area contributed by atoms with E-state index in [2.05, 4.69) is 0 Å². The third-order valence-corrected chi connectivity index (χ3v) is 0.756. The molecular formula is C7H10BiIO2. The van der Waals surface area contributed by atoms with Crippen LogP contribution in [0.3, 0.4) is 0 Å². The van der Waals surface area contributed by atoms with E-state index in [-0.39, 0.29) is 26.2 Å². The van der Waals surface area contributed by atoms with E-state index in [4.69, 9.17) is 9.90 Å². The van der Waals surface area contributed by atoms with Crippen LogP contribution < -0.4 is 0 Å². The van der Waals surface area contributed by atoms with Crippen LogP contribution in [0.25, 0.3) is 0 Å². The second-order valence-electron chi connectivity index (χ2n) is 1.42. The van der Waals surface area contributed by atoms with Gasteiger partial charge in [-0.25, -0.2) is 0 Å². The molecule has 0 aliphatic heterocycles. The summed E-state index contributed by atoms with van der Waals surface area (Å²) in [5.41, 5.74) is 0. The Bertz CT molecular complexity index is 179. The molecule has 0 spiro atoms. The second-order valence-corrected chi connectivity index (χ2v) is 1.93. The van der Waals surface area contributed by atoms with E-state index in [1.54, 1.807) is 46.9 Å². The topological polar surface area (TPSA) is 37.3 Å². The molecule has 0 atom stereocenters. The number of para-hydroxylation sites is 1. The summed E-state index contributed by atoms with van der Waals surface area (Å²) < 4.78 is 0.720. The molecule has 0 aliphatic rings. The molecule has 1 N–H and O–H groups in total. The van der Waals surface area contributed by atoms with E-state index in [1.807, 2.05) is 6.07 Å². The minimum absolute atomic E-state index is 0. The third kappa shape index (κ3) is 10.3. The van der Waals surface area contributed by atoms with Crippen molar-refractivity contribution in [3.8, 4) is 5.75 Å². The van der Waals surface area contributed by atoms with Crippen molar-refractivity contribution in [3.05, 3.63) is 30.3 Å². The van der Waals surface area contributed by atoms with E-state index in [9.17, 15) is 0 Å². The molecule has 2 nitrogen and oxygen atoms in total. The zero-order valence-electron chi connectivity index (χ0n) is 5.90. The summed E-state index contributed by atoms with van der Waals surface area (Å²) in [6, 6.07) is 8.71. The number of aromatic hydroxyl groups is 1. The van der Waals surface area contributed by atoms with Crippen molar-refractivity contribution >= 4 is 53.1 Å². The fourth-order valence-corrected chi connectivity index (χ4v) is 0.428. The standard InChI is InChI=1S/C6H6O.CHIO.Bi.3H/c7-6-4-2-1-3-5-6;2-1-3;;;;/h1-5,7H;1H;;;;. The fourth-order valence-electron chi connectivity index (χ4n) is 0.428. The molecule has 0 saturated carbocycles. The molecular weight excluding hydrogens is 452 g/mol. The van der Waals surface area contributed by atoms with Crippen LogP contribution in [0, 0.1) is 0 Å². The molecule has 0 radical (unpaired) electrons. The predicted molar refractivity (Wildman–Crippen MR) is 58.8 cm³/mol. The third-order valence-electron chi connectivity index (χ3n) is 0.756. The van der Waals surface area contributed by atoms with Gasteiger partial charge in [-0.3, -0.25) is 4.79 Å². The number of carbonyl (C=O) groups is 1. The molecule has 0 unspecified atom stereocenters. The number of phenols is 1. The molecule has 0 aromatic heterocycles. The van der Waals surface area contributed by atoms with Gasteiger partial charge in [0.05, 0.1) is 0 Å². The SMILES string of the molecule is O=CI.Oc1ccccc1.[BiH3]. The first-order chi connectivity index (χ1) is 4.81. The number of hydrogen-bond donors (Lipinski definition) is 1. The number of phenolic OH excluding ortho intramolecular Hbond substituents is 1. The van der Waals surface area contributed by atoms with Gasteiger partial charge in [0.1, 0.15) is 5.75 Å². The van der Waals surface area contributed by atoms with Crippen LogP contribution in [0.4, 0.5) is 0 Å². The zero-order valence-corrected chi connectivity index (χ0v) is 13.6. The van der Waals surface area contributed by atoms with Gasteiger partial charge in [0.25, 0.3) is 0 Å². The second kappa shape index (κ2) is 10.3. The average molecular weight is 462 g/mol. The zero-order chi connectivity index (χ0) is 7.82. The van der Waals surface area contributed by atoms with Crippen molar-refractivity contribution in [3.63, 3.8) is 0 Å². The first-order valence-electron chi connectivity index (χ1n) is 2.59. The molecule has 1 aromatic carbocycles. The Balaban J connectivity index is 0. The van der Waals surface area contributed by atoms with Gasteiger partial charge < -0.3 is 5.11 Å². The van der Waals surface area contributed by atoms with Crippen LogP contribution >= 0.6 is 22.6 Å². The van der Waals surface area contributed by atoms with Gasteiger partial charge in [-0.2, -0.15) is 0 Å². The van der Waals surface area contributed by atoms with Gasteiger partial charge >= 0.3 is 26.2 Å². The molecule has 11 heavy (non-hydrogen) atoms. The molecule has 4 heteroatoms. The molecule has 62 valence electrons. The van der Waals surface area contributed by atoms with E-state index < -0.39 is 0 Å². The first-order valence-corrected chi connectivity index (χ1v) is 3.83. The molecule has 1 aromatic rings. The van der Waals surface area contributed by atoms with E-state index >= 15 is 0 Å². The van der Waals surface area contributed by atoms with Crippen LogP contribution in [0.2, 0.25) is 0 Å². The van der Waals surface area contributed by atoms with Crippen LogP contribution in [0.5, 0.6) is 5.75 Å². The maximum absolute atomic E-state index is 8.79. The van der Waals surface area contributed by atoms with Gasteiger partial charge in [0.15, 0.2) is 4.29 Å². The van der Waals surface area contributed by atoms with Crippen molar-refractivity contribution in [1.29, 1.82) is 0 Å². The average Bonchev–Trinajstić information content (AvgIpc) is 1.91. The summed E-state index contributed by atoms with van der Waals surface area (Å²) in [6.45, 7) is 0. The van der Waals surface area contributed by atoms with E-state index in [1.165, 1.54) is 0 Å². The summed E-state index contributed by atoms with van der Waals surface area (Å²) in [5.74, 6) is 0.322. The van der Waals surface area contributed by atoms with Gasteiger partial charge in [-0.05, 0) is 34.7 Å². The Labute approximate surface area is 98.3 Å².